The highest BCUT2D eigenvalue weighted by Gasteiger charge is 2.37. The van der Waals surface area contributed by atoms with Gasteiger partial charge in [-0.05, 0) is 25.7 Å². The van der Waals surface area contributed by atoms with E-state index in [1.165, 1.54) is 6.42 Å². The molecule has 2 unspecified atom stereocenters. The van der Waals surface area contributed by atoms with Crippen molar-refractivity contribution in [2.45, 2.75) is 45.1 Å². The fraction of sp³-hybridized carbons (Fsp3) is 1.00. The minimum Gasteiger partial charge on any atom is -0.212 e. The molecule has 0 aliphatic heterocycles. The lowest BCUT2D eigenvalue weighted by Gasteiger charge is -2.38. The summed E-state index contributed by atoms with van der Waals surface area (Å²) >= 11 is 5.94. The Bertz CT molecular complexity index is 305. The van der Waals surface area contributed by atoms with Crippen LogP contribution in [0, 0.1) is 5.92 Å². The van der Waals surface area contributed by atoms with Gasteiger partial charge in [-0.25, -0.2) is 13.1 Å². The third kappa shape index (κ3) is 3.61. The van der Waals surface area contributed by atoms with Crippen molar-refractivity contribution in [1.29, 1.82) is 0 Å². The summed E-state index contributed by atoms with van der Waals surface area (Å²) in [7, 11) is -3.15. The molecule has 1 fully saturated rings. The van der Waals surface area contributed by atoms with Crippen molar-refractivity contribution in [3.8, 4) is 0 Å². The Morgan fingerprint density at radius 1 is 1.53 bits per heavy atom. The summed E-state index contributed by atoms with van der Waals surface area (Å²) in [4.78, 5) is 0. The van der Waals surface area contributed by atoms with Gasteiger partial charge in [-0.1, -0.05) is 19.8 Å². The quantitative estimate of drug-likeness (QED) is 0.780. The molecule has 0 saturated heterocycles. The monoisotopic (exact) mass is 253 g/mol. The van der Waals surface area contributed by atoms with Crippen molar-refractivity contribution in [3.63, 3.8) is 0 Å². The Morgan fingerprint density at radius 3 is 2.67 bits per heavy atom. The number of sulfonamides is 1. The molecule has 0 aromatic carbocycles. The molecule has 5 heteroatoms. The van der Waals surface area contributed by atoms with E-state index in [1.54, 1.807) is 6.92 Å². The molecule has 1 aliphatic rings. The van der Waals surface area contributed by atoms with Gasteiger partial charge in [0.25, 0.3) is 0 Å². The number of nitrogens with one attached hydrogen (secondary N) is 1. The van der Waals surface area contributed by atoms with Crippen LogP contribution in [0.15, 0.2) is 0 Å². The van der Waals surface area contributed by atoms with Crippen molar-refractivity contribution in [3.05, 3.63) is 0 Å². The van der Waals surface area contributed by atoms with E-state index in [0.29, 0.717) is 11.8 Å². The van der Waals surface area contributed by atoms with Crippen LogP contribution < -0.4 is 4.72 Å². The molecule has 0 aromatic rings. The van der Waals surface area contributed by atoms with E-state index < -0.39 is 15.6 Å². The summed E-state index contributed by atoms with van der Waals surface area (Å²) < 4.78 is 25.9. The smallest absolute Gasteiger partial charge is 0.211 e. The normalized spacial score (nSPS) is 32.9. The lowest BCUT2D eigenvalue weighted by molar-refractivity contribution is 0.239. The molecule has 2 atom stereocenters. The van der Waals surface area contributed by atoms with Gasteiger partial charge in [0.1, 0.15) is 0 Å². The zero-order valence-electron chi connectivity index (χ0n) is 9.42. The Hall–Kier alpha value is 0.200. The molecule has 0 spiro atoms. The average molecular weight is 254 g/mol. The zero-order valence-corrected chi connectivity index (χ0v) is 11.0. The van der Waals surface area contributed by atoms with E-state index in [0.717, 1.165) is 19.3 Å². The topological polar surface area (TPSA) is 46.2 Å². The first-order valence-electron chi connectivity index (χ1n) is 5.51. The Balaban J connectivity index is 2.76. The highest BCUT2D eigenvalue weighted by molar-refractivity contribution is 7.89. The van der Waals surface area contributed by atoms with Crippen LogP contribution >= 0.6 is 11.6 Å². The van der Waals surface area contributed by atoms with Crippen molar-refractivity contribution in [2.24, 2.45) is 5.92 Å². The largest absolute Gasteiger partial charge is 0.212 e. The molecule has 1 N–H and O–H groups in total. The maximum absolute atomic E-state index is 11.6. The average Bonchev–Trinajstić information content (AvgIpc) is 2.17. The van der Waals surface area contributed by atoms with Crippen LogP contribution in [-0.2, 0) is 10.0 Å². The number of alkyl halides is 1. The molecule has 0 bridgehead atoms. The Kier molecular flexibility index (Phi) is 4.44. The van der Waals surface area contributed by atoms with E-state index in [-0.39, 0.29) is 5.75 Å². The molecule has 1 rings (SSSR count). The molecule has 0 radical (unpaired) electrons. The maximum atomic E-state index is 11.6. The van der Waals surface area contributed by atoms with Gasteiger partial charge in [0.2, 0.25) is 10.0 Å². The van der Waals surface area contributed by atoms with Gasteiger partial charge in [0, 0.05) is 11.4 Å². The van der Waals surface area contributed by atoms with Gasteiger partial charge in [0.15, 0.2) is 0 Å². The molecule has 1 aliphatic carbocycles. The molecule has 15 heavy (non-hydrogen) atoms. The van der Waals surface area contributed by atoms with Crippen LogP contribution in [-0.4, -0.2) is 25.6 Å². The Labute approximate surface area is 97.6 Å². The number of halogens is 1. The Morgan fingerprint density at radius 2 is 2.20 bits per heavy atom. The molecule has 0 heterocycles. The fourth-order valence-electron chi connectivity index (χ4n) is 2.30. The molecule has 90 valence electrons. The minimum atomic E-state index is -3.15. The van der Waals surface area contributed by atoms with Crippen molar-refractivity contribution >= 4 is 21.6 Å². The van der Waals surface area contributed by atoms with Crippen LogP contribution in [0.25, 0.3) is 0 Å². The second kappa shape index (κ2) is 5.02. The summed E-state index contributed by atoms with van der Waals surface area (Å²) in [5.74, 6) is 1.05. The summed E-state index contributed by atoms with van der Waals surface area (Å²) in [6, 6.07) is 0. The summed E-state index contributed by atoms with van der Waals surface area (Å²) in [5.41, 5.74) is -0.395. The maximum Gasteiger partial charge on any atom is 0.211 e. The van der Waals surface area contributed by atoms with Gasteiger partial charge in [-0.15, -0.1) is 11.6 Å². The SMILES string of the molecule is CCS(=O)(=O)NC1(CCl)CCCC(C)C1. The molecular weight excluding hydrogens is 234 g/mol. The number of hydrogen-bond acceptors (Lipinski definition) is 2. The predicted octanol–water partition coefficient (Wildman–Crippen LogP) is 2.11. The van der Waals surface area contributed by atoms with Crippen LogP contribution in [0.2, 0.25) is 0 Å². The van der Waals surface area contributed by atoms with Crippen molar-refractivity contribution in [1.82, 2.24) is 4.72 Å². The van der Waals surface area contributed by atoms with Crippen LogP contribution in [0.1, 0.15) is 39.5 Å². The standard InChI is InChI=1S/C10H20ClNO2S/c1-3-15(13,14)12-10(8-11)6-4-5-9(2)7-10/h9,12H,3-8H2,1-2H3. The van der Waals surface area contributed by atoms with Crippen LogP contribution in [0.3, 0.4) is 0 Å². The molecular formula is C10H20ClNO2S. The molecule has 0 aromatic heterocycles. The van der Waals surface area contributed by atoms with E-state index in [4.69, 9.17) is 11.6 Å². The predicted molar refractivity (Wildman–Crippen MR) is 63.7 cm³/mol. The second-order valence-electron chi connectivity index (χ2n) is 4.62. The number of hydrogen-bond donors (Lipinski definition) is 1. The first kappa shape index (κ1) is 13.3. The van der Waals surface area contributed by atoms with Crippen LogP contribution in [0.5, 0.6) is 0 Å². The van der Waals surface area contributed by atoms with E-state index >= 15 is 0 Å². The first-order valence-corrected chi connectivity index (χ1v) is 7.69. The van der Waals surface area contributed by atoms with Gasteiger partial charge >= 0.3 is 0 Å². The lowest BCUT2D eigenvalue weighted by atomic mass is 9.78. The third-order valence-corrected chi connectivity index (χ3v) is 5.11. The summed E-state index contributed by atoms with van der Waals surface area (Å²) in [5, 5.41) is 0. The second-order valence-corrected chi connectivity index (χ2v) is 6.90. The van der Waals surface area contributed by atoms with Gasteiger partial charge in [0.05, 0.1) is 5.75 Å². The molecule has 0 amide bonds. The number of rotatable bonds is 4. The molecule has 3 nitrogen and oxygen atoms in total. The van der Waals surface area contributed by atoms with E-state index in [1.807, 2.05) is 0 Å². The van der Waals surface area contributed by atoms with Gasteiger partial charge in [-0.2, -0.15) is 0 Å². The highest BCUT2D eigenvalue weighted by Crippen LogP contribution is 2.33. The lowest BCUT2D eigenvalue weighted by Crippen LogP contribution is -2.52. The fourth-order valence-corrected chi connectivity index (χ4v) is 3.75. The molecule has 1 saturated carbocycles. The first-order chi connectivity index (χ1) is 6.93. The van der Waals surface area contributed by atoms with Gasteiger partial charge in [-0.3, -0.25) is 0 Å². The summed E-state index contributed by atoms with van der Waals surface area (Å²) in [6.07, 6.45) is 3.95. The van der Waals surface area contributed by atoms with Crippen LogP contribution in [0.4, 0.5) is 0 Å². The third-order valence-electron chi connectivity index (χ3n) is 3.10. The highest BCUT2D eigenvalue weighted by atomic mass is 35.5. The van der Waals surface area contributed by atoms with E-state index in [2.05, 4.69) is 11.6 Å². The summed E-state index contributed by atoms with van der Waals surface area (Å²) in [6.45, 7) is 3.80. The van der Waals surface area contributed by atoms with E-state index in [9.17, 15) is 8.42 Å². The van der Waals surface area contributed by atoms with Crippen molar-refractivity contribution < 1.29 is 8.42 Å². The van der Waals surface area contributed by atoms with Crippen molar-refractivity contribution in [2.75, 3.05) is 11.6 Å². The zero-order chi connectivity index (χ0) is 11.5. The van der Waals surface area contributed by atoms with Gasteiger partial charge < -0.3 is 0 Å². The minimum absolute atomic E-state index is 0.125.